The number of oxazole rings is 1. The average molecular weight is 154 g/mol. The number of rotatable bonds is 2. The summed E-state index contributed by atoms with van der Waals surface area (Å²) in [6.45, 7) is 5.98. The molecule has 0 aromatic carbocycles. The van der Waals surface area contributed by atoms with Gasteiger partial charge in [-0.1, -0.05) is 13.8 Å². The van der Waals surface area contributed by atoms with Crippen molar-refractivity contribution in [3.63, 3.8) is 0 Å². The fourth-order valence-electron chi connectivity index (χ4n) is 0.810. The molecule has 0 amide bonds. The van der Waals surface area contributed by atoms with E-state index in [1.807, 2.05) is 20.8 Å². The minimum atomic E-state index is -0.0799. The van der Waals surface area contributed by atoms with Gasteiger partial charge >= 0.3 is 0 Å². The van der Waals surface area contributed by atoms with E-state index < -0.39 is 0 Å². The van der Waals surface area contributed by atoms with E-state index in [-0.39, 0.29) is 6.04 Å². The molecule has 1 aromatic heterocycles. The highest BCUT2D eigenvalue weighted by atomic mass is 16.3. The summed E-state index contributed by atoms with van der Waals surface area (Å²) in [5.74, 6) is 1.01. The molecule has 0 aliphatic rings. The van der Waals surface area contributed by atoms with E-state index in [1.165, 1.54) is 0 Å². The van der Waals surface area contributed by atoms with Crippen LogP contribution in [0.5, 0.6) is 0 Å². The van der Waals surface area contributed by atoms with Crippen molar-refractivity contribution in [2.45, 2.75) is 26.8 Å². The minimum Gasteiger partial charge on any atom is -0.447 e. The molecule has 0 aliphatic heterocycles. The van der Waals surface area contributed by atoms with Crippen LogP contribution in [0.4, 0.5) is 0 Å². The topological polar surface area (TPSA) is 52.0 Å². The molecule has 2 N–H and O–H groups in total. The van der Waals surface area contributed by atoms with Gasteiger partial charge in [0.05, 0.1) is 11.7 Å². The van der Waals surface area contributed by atoms with Crippen molar-refractivity contribution >= 4 is 0 Å². The van der Waals surface area contributed by atoms with Gasteiger partial charge in [-0.05, 0) is 12.8 Å². The maximum absolute atomic E-state index is 5.79. The standard InChI is InChI=1S/C8H14N2O/c1-5(2)7(9)8-10-6(3)4-11-8/h4-5,7H,9H2,1-3H3/t7-/m0/s1. The molecule has 11 heavy (non-hydrogen) atoms. The normalized spacial score (nSPS) is 13.9. The Kier molecular flexibility index (Phi) is 2.29. The lowest BCUT2D eigenvalue weighted by molar-refractivity contribution is 0.388. The zero-order chi connectivity index (χ0) is 8.43. The van der Waals surface area contributed by atoms with Gasteiger partial charge in [-0.3, -0.25) is 0 Å². The van der Waals surface area contributed by atoms with Crippen LogP contribution in [-0.2, 0) is 0 Å². The van der Waals surface area contributed by atoms with E-state index in [0.717, 1.165) is 5.69 Å². The lowest BCUT2D eigenvalue weighted by atomic mass is 10.1. The van der Waals surface area contributed by atoms with E-state index in [1.54, 1.807) is 6.26 Å². The van der Waals surface area contributed by atoms with Crippen molar-refractivity contribution in [1.29, 1.82) is 0 Å². The average Bonchev–Trinajstić information content (AvgIpc) is 2.34. The highest BCUT2D eigenvalue weighted by molar-refractivity contribution is 4.97. The highest BCUT2D eigenvalue weighted by Crippen LogP contribution is 2.17. The SMILES string of the molecule is Cc1coc([C@@H](N)C(C)C)n1. The first-order valence-electron chi connectivity index (χ1n) is 3.79. The van der Waals surface area contributed by atoms with E-state index in [4.69, 9.17) is 10.2 Å². The zero-order valence-electron chi connectivity index (χ0n) is 7.16. The zero-order valence-corrected chi connectivity index (χ0v) is 7.16. The molecular formula is C8H14N2O. The fraction of sp³-hybridized carbons (Fsp3) is 0.625. The molecule has 0 aliphatic carbocycles. The Labute approximate surface area is 66.6 Å². The number of hydrogen-bond donors (Lipinski definition) is 1. The monoisotopic (exact) mass is 154 g/mol. The number of aromatic nitrogens is 1. The quantitative estimate of drug-likeness (QED) is 0.704. The third-order valence-corrected chi connectivity index (χ3v) is 1.64. The van der Waals surface area contributed by atoms with Crippen LogP contribution < -0.4 is 5.73 Å². The lowest BCUT2D eigenvalue weighted by Gasteiger charge is -2.10. The van der Waals surface area contributed by atoms with Gasteiger partial charge in [-0.15, -0.1) is 0 Å². The Bertz CT molecular complexity index is 230. The number of nitrogens with two attached hydrogens (primary N) is 1. The Balaban J connectivity index is 2.76. The Morgan fingerprint density at radius 2 is 2.18 bits per heavy atom. The maximum atomic E-state index is 5.79. The summed E-state index contributed by atoms with van der Waals surface area (Å²) in [7, 11) is 0. The van der Waals surface area contributed by atoms with Gasteiger partial charge in [0.25, 0.3) is 0 Å². The summed E-state index contributed by atoms with van der Waals surface area (Å²) in [5.41, 5.74) is 6.68. The Morgan fingerprint density at radius 3 is 2.55 bits per heavy atom. The van der Waals surface area contributed by atoms with Gasteiger partial charge < -0.3 is 10.2 Å². The summed E-state index contributed by atoms with van der Waals surface area (Å²) < 4.78 is 5.15. The minimum absolute atomic E-state index is 0.0799. The molecule has 0 radical (unpaired) electrons. The van der Waals surface area contributed by atoms with Crippen LogP contribution in [0.3, 0.4) is 0 Å². The molecule has 1 rings (SSSR count). The summed E-state index contributed by atoms with van der Waals surface area (Å²) >= 11 is 0. The molecule has 0 bridgehead atoms. The lowest BCUT2D eigenvalue weighted by Crippen LogP contribution is -2.16. The predicted octanol–water partition coefficient (Wildman–Crippen LogP) is 1.64. The van der Waals surface area contributed by atoms with E-state index in [2.05, 4.69) is 4.98 Å². The largest absolute Gasteiger partial charge is 0.447 e. The van der Waals surface area contributed by atoms with Crippen LogP contribution >= 0.6 is 0 Å². The van der Waals surface area contributed by atoms with Crippen molar-refractivity contribution in [3.8, 4) is 0 Å². The summed E-state index contributed by atoms with van der Waals surface area (Å²) in [5, 5.41) is 0. The van der Waals surface area contributed by atoms with Crippen molar-refractivity contribution in [1.82, 2.24) is 4.98 Å². The maximum Gasteiger partial charge on any atom is 0.211 e. The molecule has 0 fully saturated rings. The van der Waals surface area contributed by atoms with Crippen LogP contribution in [0.25, 0.3) is 0 Å². The smallest absolute Gasteiger partial charge is 0.211 e. The van der Waals surface area contributed by atoms with Gasteiger partial charge in [-0.2, -0.15) is 0 Å². The van der Waals surface area contributed by atoms with E-state index >= 15 is 0 Å². The second kappa shape index (κ2) is 3.05. The third kappa shape index (κ3) is 1.80. The van der Waals surface area contributed by atoms with Crippen molar-refractivity contribution in [2.24, 2.45) is 11.7 Å². The number of hydrogen-bond acceptors (Lipinski definition) is 3. The molecule has 1 heterocycles. The van der Waals surface area contributed by atoms with Crippen LogP contribution in [0.2, 0.25) is 0 Å². The molecule has 0 unspecified atom stereocenters. The van der Waals surface area contributed by atoms with E-state index in [9.17, 15) is 0 Å². The summed E-state index contributed by atoms with van der Waals surface area (Å²) in [4.78, 5) is 4.14. The first kappa shape index (κ1) is 8.27. The van der Waals surface area contributed by atoms with Gasteiger partial charge in [0.1, 0.15) is 6.26 Å². The van der Waals surface area contributed by atoms with Crippen LogP contribution in [0.1, 0.15) is 31.5 Å². The molecule has 0 saturated carbocycles. The van der Waals surface area contributed by atoms with Crippen LogP contribution in [-0.4, -0.2) is 4.98 Å². The first-order valence-corrected chi connectivity index (χ1v) is 3.79. The van der Waals surface area contributed by atoms with Crippen molar-refractivity contribution in [2.75, 3.05) is 0 Å². The van der Waals surface area contributed by atoms with Gasteiger partial charge in [0.15, 0.2) is 0 Å². The molecule has 1 aromatic rings. The molecule has 3 nitrogen and oxygen atoms in total. The van der Waals surface area contributed by atoms with Crippen molar-refractivity contribution < 1.29 is 4.42 Å². The van der Waals surface area contributed by atoms with Gasteiger partial charge in [0.2, 0.25) is 5.89 Å². The van der Waals surface area contributed by atoms with Crippen molar-refractivity contribution in [3.05, 3.63) is 17.8 Å². The molecule has 0 saturated heterocycles. The molecule has 62 valence electrons. The predicted molar refractivity (Wildman–Crippen MR) is 43.0 cm³/mol. The first-order chi connectivity index (χ1) is 5.11. The Morgan fingerprint density at radius 1 is 1.55 bits per heavy atom. The number of nitrogens with zero attached hydrogens (tertiary/aromatic N) is 1. The van der Waals surface area contributed by atoms with Gasteiger partial charge in [0, 0.05) is 0 Å². The van der Waals surface area contributed by atoms with Crippen LogP contribution in [0.15, 0.2) is 10.7 Å². The van der Waals surface area contributed by atoms with E-state index in [0.29, 0.717) is 11.8 Å². The summed E-state index contributed by atoms with van der Waals surface area (Å²) in [6.07, 6.45) is 1.62. The molecule has 3 heteroatoms. The molecular weight excluding hydrogens is 140 g/mol. The van der Waals surface area contributed by atoms with Gasteiger partial charge in [-0.25, -0.2) is 4.98 Å². The Hall–Kier alpha value is -0.830. The second-order valence-electron chi connectivity index (χ2n) is 3.10. The highest BCUT2D eigenvalue weighted by Gasteiger charge is 2.14. The van der Waals surface area contributed by atoms with Crippen LogP contribution in [0, 0.1) is 12.8 Å². The second-order valence-corrected chi connectivity index (χ2v) is 3.10. The third-order valence-electron chi connectivity index (χ3n) is 1.64. The molecule has 0 spiro atoms. The number of aryl methyl sites for hydroxylation is 1. The fourth-order valence-corrected chi connectivity index (χ4v) is 0.810. The molecule has 1 atom stereocenters. The summed E-state index contributed by atoms with van der Waals surface area (Å²) in [6, 6.07) is -0.0799.